The third-order valence-electron chi connectivity index (χ3n) is 3.28. The van der Waals surface area contributed by atoms with Crippen LogP contribution >= 0.6 is 22.9 Å². The van der Waals surface area contributed by atoms with Crippen molar-refractivity contribution in [2.75, 3.05) is 0 Å². The highest BCUT2D eigenvalue weighted by Gasteiger charge is 2.13. The van der Waals surface area contributed by atoms with Gasteiger partial charge in [0.15, 0.2) is 0 Å². The van der Waals surface area contributed by atoms with Crippen molar-refractivity contribution in [3.63, 3.8) is 0 Å². The summed E-state index contributed by atoms with van der Waals surface area (Å²) in [6, 6.07) is 7.38. The van der Waals surface area contributed by atoms with Crippen LogP contribution in [0.5, 0.6) is 0 Å². The first-order valence-corrected chi connectivity index (χ1v) is 8.21. The van der Waals surface area contributed by atoms with Crippen molar-refractivity contribution in [1.29, 1.82) is 0 Å². The van der Waals surface area contributed by atoms with Crippen molar-refractivity contribution in [2.24, 2.45) is 0 Å². The van der Waals surface area contributed by atoms with Crippen LogP contribution in [0.3, 0.4) is 0 Å². The number of benzene rings is 1. The van der Waals surface area contributed by atoms with Crippen molar-refractivity contribution < 1.29 is 9.21 Å². The molecule has 0 aliphatic carbocycles. The number of halogens is 1. The van der Waals surface area contributed by atoms with Gasteiger partial charge in [0.1, 0.15) is 16.5 Å². The molecule has 7 heteroatoms. The molecule has 0 saturated heterocycles. The predicted molar refractivity (Wildman–Crippen MR) is 89.7 cm³/mol. The zero-order valence-electron chi connectivity index (χ0n) is 12.6. The van der Waals surface area contributed by atoms with E-state index in [0.29, 0.717) is 16.6 Å². The number of amides is 1. The molecular formula is C16H14ClN3O2S. The molecule has 5 nitrogen and oxygen atoms in total. The van der Waals surface area contributed by atoms with Gasteiger partial charge < -0.3 is 9.73 Å². The molecule has 0 radical (unpaired) electrons. The van der Waals surface area contributed by atoms with Crippen molar-refractivity contribution in [1.82, 2.24) is 15.3 Å². The average Bonchev–Trinajstić information content (AvgIpc) is 3.13. The van der Waals surface area contributed by atoms with Gasteiger partial charge in [0.25, 0.3) is 5.91 Å². The molecule has 2 aromatic heterocycles. The van der Waals surface area contributed by atoms with Crippen LogP contribution in [0.1, 0.15) is 27.8 Å². The molecule has 0 fully saturated rings. The molecule has 0 spiro atoms. The number of thiazole rings is 1. The van der Waals surface area contributed by atoms with Gasteiger partial charge in [-0.15, -0.1) is 11.3 Å². The van der Waals surface area contributed by atoms with Crippen molar-refractivity contribution >= 4 is 28.8 Å². The molecule has 0 unspecified atom stereocenters. The summed E-state index contributed by atoms with van der Waals surface area (Å²) in [4.78, 5) is 20.7. The molecule has 1 N–H and O–H groups in total. The van der Waals surface area contributed by atoms with Gasteiger partial charge in [-0.1, -0.05) is 23.7 Å². The number of aromatic nitrogens is 2. The van der Waals surface area contributed by atoms with Gasteiger partial charge in [0.2, 0.25) is 5.89 Å². The van der Waals surface area contributed by atoms with E-state index in [1.165, 1.54) is 11.3 Å². The zero-order valence-corrected chi connectivity index (χ0v) is 14.2. The van der Waals surface area contributed by atoms with E-state index in [2.05, 4.69) is 15.3 Å². The molecule has 3 rings (SSSR count). The summed E-state index contributed by atoms with van der Waals surface area (Å²) in [5, 5.41) is 5.86. The van der Waals surface area contributed by atoms with Crippen molar-refractivity contribution in [3.05, 3.63) is 57.7 Å². The van der Waals surface area contributed by atoms with Crippen LogP contribution in [0, 0.1) is 13.8 Å². The molecule has 23 heavy (non-hydrogen) atoms. The van der Waals surface area contributed by atoms with Gasteiger partial charge in [-0.25, -0.2) is 9.97 Å². The Labute approximate surface area is 142 Å². The van der Waals surface area contributed by atoms with Crippen LogP contribution < -0.4 is 5.32 Å². The number of nitrogens with one attached hydrogen (secondary N) is 1. The lowest BCUT2D eigenvalue weighted by Gasteiger charge is -1.99. The number of aryl methyl sites for hydroxylation is 2. The second kappa shape index (κ2) is 6.52. The Bertz CT molecular complexity index is 837. The Hall–Kier alpha value is -2.18. The first kappa shape index (κ1) is 15.7. The molecule has 1 amide bonds. The summed E-state index contributed by atoms with van der Waals surface area (Å²) in [5.41, 5.74) is 2.08. The highest BCUT2D eigenvalue weighted by atomic mass is 35.5. The smallest absolute Gasteiger partial charge is 0.271 e. The van der Waals surface area contributed by atoms with E-state index in [9.17, 15) is 4.79 Å². The van der Waals surface area contributed by atoms with E-state index in [1.54, 1.807) is 11.4 Å². The Morgan fingerprint density at radius 2 is 2.17 bits per heavy atom. The van der Waals surface area contributed by atoms with Crippen LogP contribution in [0.15, 0.2) is 34.1 Å². The number of carbonyl (C=O) groups excluding carboxylic acids is 1. The molecule has 3 aromatic rings. The lowest BCUT2D eigenvalue weighted by atomic mass is 10.2. The molecular weight excluding hydrogens is 334 g/mol. The number of oxazole rings is 1. The Morgan fingerprint density at radius 3 is 2.87 bits per heavy atom. The fourth-order valence-electron chi connectivity index (χ4n) is 1.99. The minimum atomic E-state index is -0.261. The van der Waals surface area contributed by atoms with E-state index >= 15 is 0 Å². The Kier molecular flexibility index (Phi) is 4.45. The molecule has 1 aromatic carbocycles. The molecule has 0 atom stereocenters. The number of hydrogen-bond acceptors (Lipinski definition) is 5. The number of hydrogen-bond donors (Lipinski definition) is 1. The Balaban J connectivity index is 1.69. The summed E-state index contributed by atoms with van der Waals surface area (Å²) in [6.45, 7) is 3.94. The average molecular weight is 348 g/mol. The van der Waals surface area contributed by atoms with Crippen LogP contribution in [0.2, 0.25) is 5.02 Å². The first-order chi connectivity index (χ1) is 11.0. The van der Waals surface area contributed by atoms with Gasteiger partial charge >= 0.3 is 0 Å². The number of carbonyl (C=O) groups is 1. The van der Waals surface area contributed by atoms with Gasteiger partial charge in [0.05, 0.1) is 12.2 Å². The quantitative estimate of drug-likeness (QED) is 0.774. The van der Waals surface area contributed by atoms with E-state index in [-0.39, 0.29) is 12.5 Å². The topological polar surface area (TPSA) is 68.0 Å². The normalized spacial score (nSPS) is 10.7. The Morgan fingerprint density at radius 1 is 1.35 bits per heavy atom. The maximum atomic E-state index is 12.2. The van der Waals surface area contributed by atoms with Gasteiger partial charge in [-0.3, -0.25) is 4.79 Å². The van der Waals surface area contributed by atoms with Crippen molar-refractivity contribution in [2.45, 2.75) is 20.4 Å². The van der Waals surface area contributed by atoms with Gasteiger partial charge in [-0.05, 0) is 26.0 Å². The molecule has 0 saturated carbocycles. The minimum Gasteiger partial charge on any atom is -0.444 e. The zero-order chi connectivity index (χ0) is 16.4. The number of rotatable bonds is 4. The standard InChI is InChI=1S/C16H14ClN3O2S/c1-9-10(2)22-14(19-9)7-18-15(21)13-8-23-16(20-13)11-4-3-5-12(17)6-11/h3-6,8H,7H2,1-2H3,(H,18,21). The van der Waals surface area contributed by atoms with Crippen LogP contribution in [0.25, 0.3) is 10.6 Å². The second-order valence-corrected chi connectivity index (χ2v) is 6.27. The van der Waals surface area contributed by atoms with Crippen LogP contribution in [0.4, 0.5) is 0 Å². The van der Waals surface area contributed by atoms with Gasteiger partial charge in [-0.2, -0.15) is 0 Å². The maximum absolute atomic E-state index is 12.2. The van der Waals surface area contributed by atoms with Crippen molar-refractivity contribution in [3.8, 4) is 10.6 Å². The van der Waals surface area contributed by atoms with E-state index in [4.69, 9.17) is 16.0 Å². The molecule has 0 aliphatic heterocycles. The summed E-state index contributed by atoms with van der Waals surface area (Å²) in [5.74, 6) is 0.979. The lowest BCUT2D eigenvalue weighted by molar-refractivity contribution is 0.0943. The SMILES string of the molecule is Cc1nc(CNC(=O)c2csc(-c3cccc(Cl)c3)n2)oc1C. The monoisotopic (exact) mass is 347 g/mol. The highest BCUT2D eigenvalue weighted by Crippen LogP contribution is 2.26. The third-order valence-corrected chi connectivity index (χ3v) is 4.41. The summed E-state index contributed by atoms with van der Waals surface area (Å²) in [6.07, 6.45) is 0. The first-order valence-electron chi connectivity index (χ1n) is 6.95. The largest absolute Gasteiger partial charge is 0.444 e. The predicted octanol–water partition coefficient (Wildman–Crippen LogP) is 4.00. The fourth-order valence-corrected chi connectivity index (χ4v) is 2.98. The molecule has 0 aliphatic rings. The number of nitrogens with zero attached hydrogens (tertiary/aromatic N) is 2. The highest BCUT2D eigenvalue weighted by molar-refractivity contribution is 7.13. The molecule has 0 bridgehead atoms. The summed E-state index contributed by atoms with van der Waals surface area (Å²) in [7, 11) is 0. The third kappa shape index (κ3) is 3.60. The van der Waals surface area contributed by atoms with Crippen LogP contribution in [-0.4, -0.2) is 15.9 Å². The van der Waals surface area contributed by atoms with E-state index in [1.807, 2.05) is 32.0 Å². The lowest BCUT2D eigenvalue weighted by Crippen LogP contribution is -2.23. The van der Waals surface area contributed by atoms with Crippen LogP contribution in [-0.2, 0) is 6.54 Å². The van der Waals surface area contributed by atoms with Gasteiger partial charge in [0, 0.05) is 16.0 Å². The molecule has 2 heterocycles. The van der Waals surface area contributed by atoms with E-state index in [0.717, 1.165) is 22.0 Å². The summed E-state index contributed by atoms with van der Waals surface area (Å²) >= 11 is 7.37. The summed E-state index contributed by atoms with van der Waals surface area (Å²) < 4.78 is 5.43. The maximum Gasteiger partial charge on any atom is 0.271 e. The minimum absolute atomic E-state index is 0.234. The van der Waals surface area contributed by atoms with E-state index < -0.39 is 0 Å². The fraction of sp³-hybridized carbons (Fsp3) is 0.188. The molecule has 118 valence electrons. The second-order valence-electron chi connectivity index (χ2n) is 4.98.